The number of carboxylic acid groups (broad SMARTS) is 1. The zero-order valence-corrected chi connectivity index (χ0v) is 57.5. The van der Waals surface area contributed by atoms with Crippen LogP contribution in [0.2, 0.25) is 10.0 Å². The van der Waals surface area contributed by atoms with Gasteiger partial charge in [-0.05, 0) is 110 Å². The maximum absolute atomic E-state index is 16.2. The van der Waals surface area contributed by atoms with Gasteiger partial charge in [0.25, 0.3) is 0 Å². The van der Waals surface area contributed by atoms with Gasteiger partial charge in [-0.15, -0.1) is 0 Å². The number of amides is 7. The van der Waals surface area contributed by atoms with E-state index >= 15 is 19.2 Å². The summed E-state index contributed by atoms with van der Waals surface area (Å²) >= 11 is 14.2. The van der Waals surface area contributed by atoms with E-state index in [1.54, 1.807) is 7.05 Å². The summed E-state index contributed by atoms with van der Waals surface area (Å²) in [7, 11) is 2.58. The predicted molar refractivity (Wildman–Crippen MR) is 358 cm³/mol. The third-order valence-corrected chi connectivity index (χ3v) is 19.0. The summed E-state index contributed by atoms with van der Waals surface area (Å²) in [5.74, 6) is -16.5. The van der Waals surface area contributed by atoms with Gasteiger partial charge in [0.1, 0.15) is 89.5 Å². The fourth-order valence-corrected chi connectivity index (χ4v) is 13.6. The molecule has 11 bridgehead atoms. The highest BCUT2D eigenvalue weighted by Gasteiger charge is 2.52. The number of nitrogens with two attached hydrogens (primary N) is 2. The van der Waals surface area contributed by atoms with Gasteiger partial charge in [0.05, 0.1) is 41.2 Å². The third kappa shape index (κ3) is 16.1. The average molecular weight is 1480 g/mol. The molecule has 5 aromatic carbocycles. The summed E-state index contributed by atoms with van der Waals surface area (Å²) < 4.78 is 38.4. The van der Waals surface area contributed by atoms with Crippen LogP contribution in [0.4, 0.5) is 0 Å². The van der Waals surface area contributed by atoms with Crippen molar-refractivity contribution in [2.24, 2.45) is 23.3 Å². The van der Waals surface area contributed by atoms with Crippen LogP contribution >= 0.6 is 23.2 Å². The molecule has 20 N–H and O–H groups in total. The number of carbonyl (C=O) groups excluding carboxylic acids is 7. The third-order valence-electron chi connectivity index (χ3n) is 18.4. The van der Waals surface area contributed by atoms with E-state index in [-0.39, 0.29) is 52.8 Å². The first-order valence-electron chi connectivity index (χ1n) is 32.5. The number of benzene rings is 5. The standard InChI is InChI=1S/C68H79Cl2N9O24/c1-25(2)13-31(23-73-5)60(90)78-51-53(85)28-8-11-40(35(69)15-28)99-42-17-30-18-43(57(42)103-67-58(56(88)55(87)44(24-80)101-67)102-46-22-68(4,72)59(89)26(3)98-46)100-41-12-9-29(16-36(41)70)54(86)52-64(94)77-50(66(96)97)34-19-32(81)20-39(83)47(34)33-14-27(7-10-38(33)82)49(65(95)79(52)6)76-62(92)48(30)75-61(91)37(21-45(71)84)74-63(51)93/h7-12,14-20,25-26,31,37,44,46,48-56,58-59,67,73,80-83,85-89H,13,21-24,72H2,1-6H3,(H2,71,84)(H,74,93)(H,75,91)(H,76,92)(H,77,94)(H,78,90)(H,96,97)/t26?,31-,37-,44?,46?,48+,49+,50-,51+,52-,53+,54+,55?,56?,58?,59?,67?,68?/m0/s1. The lowest BCUT2D eigenvalue weighted by Gasteiger charge is -2.47. The Balaban J connectivity index is 1.25. The van der Waals surface area contributed by atoms with Crippen LogP contribution in [0.25, 0.3) is 11.1 Å². The van der Waals surface area contributed by atoms with Crippen LogP contribution in [0.15, 0.2) is 78.9 Å². The highest BCUT2D eigenvalue weighted by Crippen LogP contribution is 2.50. The van der Waals surface area contributed by atoms with E-state index < -0.39 is 237 Å². The summed E-state index contributed by atoms with van der Waals surface area (Å²) in [6.45, 7) is 5.81. The number of primary amides is 1. The number of aromatic hydroxyl groups is 3. The number of phenols is 3. The molecule has 18 atom stereocenters. The van der Waals surface area contributed by atoms with Gasteiger partial charge >= 0.3 is 5.97 Å². The number of aliphatic hydroxyl groups excluding tert-OH is 6. The molecule has 0 radical (unpaired) electrons. The van der Waals surface area contributed by atoms with Crippen LogP contribution in [-0.2, 0) is 52.6 Å². The number of likely N-dealkylation sites (N-methyl/N-ethyl adjacent to an activating group) is 1. The highest BCUT2D eigenvalue weighted by atomic mass is 35.5. The molecule has 2 fully saturated rings. The Hall–Kier alpha value is -9.20. The van der Waals surface area contributed by atoms with Crippen LogP contribution in [-0.4, -0.2) is 203 Å². The molecule has 12 rings (SSSR count). The molecule has 35 heteroatoms. The van der Waals surface area contributed by atoms with Crippen LogP contribution in [0.1, 0.15) is 105 Å². The van der Waals surface area contributed by atoms with Gasteiger partial charge in [-0.2, -0.15) is 0 Å². The number of hydrogen-bond donors (Lipinski definition) is 18. The molecular formula is C68H79Cl2N9O24. The van der Waals surface area contributed by atoms with Crippen molar-refractivity contribution < 1.29 is 118 Å². The Labute approximate surface area is 597 Å². The molecule has 5 aromatic rings. The van der Waals surface area contributed by atoms with Crippen molar-refractivity contribution >= 4 is 70.5 Å². The van der Waals surface area contributed by atoms with E-state index in [0.29, 0.717) is 4.90 Å². The van der Waals surface area contributed by atoms with Gasteiger partial charge in [-0.1, -0.05) is 55.2 Å². The van der Waals surface area contributed by atoms with E-state index in [0.717, 1.165) is 73.8 Å². The molecule has 7 aliphatic heterocycles. The first kappa shape index (κ1) is 76.4. The molecular weight excluding hydrogens is 1400 g/mol. The number of carboxylic acids is 1. The Morgan fingerprint density at radius 2 is 1.37 bits per heavy atom. The lowest BCUT2D eigenvalue weighted by Crippen LogP contribution is -2.64. The molecule has 0 aliphatic carbocycles. The fourth-order valence-electron chi connectivity index (χ4n) is 13.1. The van der Waals surface area contributed by atoms with E-state index in [9.17, 15) is 70.2 Å². The second-order valence-electron chi connectivity index (χ2n) is 26.5. The Kier molecular flexibility index (Phi) is 23.0. The number of hydrogen-bond acceptors (Lipinski definition) is 25. The number of phenolic OH excluding ortho intramolecular Hbond substituents is 3. The van der Waals surface area contributed by atoms with E-state index in [2.05, 4.69) is 31.9 Å². The molecule has 0 spiro atoms. The molecule has 0 aromatic heterocycles. The van der Waals surface area contributed by atoms with Crippen molar-refractivity contribution in [3.63, 3.8) is 0 Å². The van der Waals surface area contributed by atoms with E-state index in [4.69, 9.17) is 63.1 Å². The molecule has 7 aliphatic rings. The maximum Gasteiger partial charge on any atom is 0.330 e. The van der Waals surface area contributed by atoms with Crippen molar-refractivity contribution in [3.8, 4) is 57.1 Å². The summed E-state index contributed by atoms with van der Waals surface area (Å²) in [6.07, 6.45) is -18.5. The number of aliphatic hydroxyl groups is 6. The van der Waals surface area contributed by atoms with Gasteiger partial charge in [0, 0.05) is 48.3 Å². The molecule has 2 saturated heterocycles. The molecule has 7 heterocycles. The zero-order chi connectivity index (χ0) is 75.1. The summed E-state index contributed by atoms with van der Waals surface area (Å²) in [5.41, 5.74) is 8.12. The number of rotatable bonds is 14. The van der Waals surface area contributed by atoms with Gasteiger partial charge in [-0.3, -0.25) is 33.6 Å². The van der Waals surface area contributed by atoms with Crippen molar-refractivity contribution in [2.45, 2.75) is 150 Å². The number of nitrogens with one attached hydrogen (secondary N) is 6. The monoisotopic (exact) mass is 1480 g/mol. The minimum Gasteiger partial charge on any atom is -0.508 e. The second-order valence-corrected chi connectivity index (χ2v) is 27.3. The highest BCUT2D eigenvalue weighted by molar-refractivity contribution is 6.32. The zero-order valence-electron chi connectivity index (χ0n) is 56.0. The van der Waals surface area contributed by atoms with Gasteiger partial charge < -0.3 is 128 Å². The average Bonchev–Trinajstić information content (AvgIpc) is 0.767. The van der Waals surface area contributed by atoms with Crippen LogP contribution < -0.4 is 57.6 Å². The molecule has 33 nitrogen and oxygen atoms in total. The minimum atomic E-state index is -2.34. The molecule has 9 unspecified atom stereocenters. The fraction of sp³-hybridized carbons (Fsp3) is 0.441. The lowest BCUT2D eigenvalue weighted by molar-refractivity contribution is -0.333. The van der Waals surface area contributed by atoms with Gasteiger partial charge in [0.2, 0.25) is 53.4 Å². The molecule has 554 valence electrons. The largest absolute Gasteiger partial charge is 0.508 e. The van der Waals surface area contributed by atoms with Crippen molar-refractivity contribution in [1.82, 2.24) is 36.8 Å². The number of nitrogens with zero attached hydrogens (tertiary/aromatic N) is 1. The lowest BCUT2D eigenvalue weighted by atomic mass is 9.86. The summed E-state index contributed by atoms with van der Waals surface area (Å²) in [6, 6.07) is 0.581. The normalized spacial score (nSPS) is 29.2. The van der Waals surface area contributed by atoms with E-state index in [1.165, 1.54) is 26.0 Å². The maximum atomic E-state index is 16.2. The Morgan fingerprint density at radius 3 is 1.95 bits per heavy atom. The first-order valence-corrected chi connectivity index (χ1v) is 33.2. The molecule has 0 saturated carbocycles. The minimum absolute atomic E-state index is 0.0739. The smallest absolute Gasteiger partial charge is 0.330 e. The first-order chi connectivity index (χ1) is 48.6. The summed E-state index contributed by atoms with van der Waals surface area (Å²) in [5, 5.41) is 129. The molecule has 103 heavy (non-hydrogen) atoms. The number of ether oxygens (including phenoxy) is 6. The predicted octanol–water partition coefficient (Wildman–Crippen LogP) is 0.696. The van der Waals surface area contributed by atoms with Gasteiger partial charge in [0.15, 0.2) is 29.9 Å². The topological polar surface area (TPSA) is 522 Å². The number of carbonyl (C=O) groups is 8. The van der Waals surface area contributed by atoms with Gasteiger partial charge in [-0.25, -0.2) is 4.79 Å². The van der Waals surface area contributed by atoms with Crippen LogP contribution in [0.5, 0.6) is 46.0 Å². The molecule has 7 amide bonds. The van der Waals surface area contributed by atoms with E-state index in [1.807, 2.05) is 13.8 Å². The number of aliphatic carboxylic acids is 1. The Morgan fingerprint density at radius 1 is 0.748 bits per heavy atom. The second kappa shape index (κ2) is 31.0. The van der Waals surface area contributed by atoms with Crippen LogP contribution in [0, 0.1) is 11.8 Å². The summed E-state index contributed by atoms with van der Waals surface area (Å²) in [4.78, 5) is 119. The SMILES string of the molecule is CNC[C@H](CC(C)C)C(=O)N[C@H]1C(=O)N[C@@H](CC(N)=O)C(=O)N[C@H]2C(=O)N[C@H]3C(=O)N(C)[C@H](C(=O)N[C@H](C(=O)O)c4cc(O)cc(O)c4-c4cc3ccc4O)[C@H](O)c3ccc(c(Cl)c3)Oc3cc2cc(c3OC2OC(CO)C(O)C(O)C2OC2CC(C)(N)C(O)C(C)O2)Oc2ccc(cc2Cl)[C@H]1O. The van der Waals surface area contributed by atoms with Crippen molar-refractivity contribution in [2.75, 3.05) is 27.2 Å². The van der Waals surface area contributed by atoms with Crippen molar-refractivity contribution in [1.29, 1.82) is 0 Å². The van der Waals surface area contributed by atoms with Crippen LogP contribution in [0.3, 0.4) is 0 Å². The number of halogens is 2. The quantitative estimate of drug-likeness (QED) is 0.0727. The number of fused-ring (bicyclic) bond motifs is 15. The van der Waals surface area contributed by atoms with Crippen molar-refractivity contribution in [3.05, 3.63) is 117 Å². The Bertz CT molecular complexity index is 4130.